The third-order valence-corrected chi connectivity index (χ3v) is 8.01. The van der Waals surface area contributed by atoms with Gasteiger partial charge in [0.15, 0.2) is 17.7 Å². The molecule has 3 unspecified atom stereocenters. The molecule has 224 valence electrons. The minimum absolute atomic E-state index is 0.0411. The number of nitrogens with zero attached hydrogens (tertiary/aromatic N) is 3. The number of benzene rings is 3. The molecule has 3 aliphatic rings. The van der Waals surface area contributed by atoms with E-state index in [2.05, 4.69) is 0 Å². The molecule has 0 N–H and O–H groups in total. The summed E-state index contributed by atoms with van der Waals surface area (Å²) >= 11 is 0. The van der Waals surface area contributed by atoms with Crippen LogP contribution in [0.1, 0.15) is 54.1 Å². The third kappa shape index (κ3) is 6.93. The summed E-state index contributed by atoms with van der Waals surface area (Å²) in [7, 11) is 5.00. The van der Waals surface area contributed by atoms with E-state index in [1.165, 1.54) is 0 Å². The zero-order valence-corrected chi connectivity index (χ0v) is 24.8. The molecule has 43 heavy (non-hydrogen) atoms. The van der Waals surface area contributed by atoms with E-state index in [1.54, 1.807) is 21.3 Å². The van der Waals surface area contributed by atoms with E-state index in [4.69, 9.17) is 43.4 Å². The van der Waals surface area contributed by atoms with Crippen LogP contribution in [0.25, 0.3) is 0 Å². The molecule has 0 saturated heterocycles. The molecule has 0 saturated carbocycles. The standard InChI is InChI=1S/C34H37N3O6/c1-38-26-10-4-23(5-11-26)29-19-41-32(35-29)16-22(17-33-36-30(20-42-33)24-6-12-27(39-2)13-7-24)18-34-37-31(21-43-34)25-8-14-28(40-3)15-9-25/h4-15,22,29-31H,16-21H2,1-3H3. The van der Waals surface area contributed by atoms with Gasteiger partial charge >= 0.3 is 0 Å². The highest BCUT2D eigenvalue weighted by molar-refractivity contribution is 5.84. The SMILES string of the molecule is COc1ccc(C2COC(CC(CC3=NC(c4ccc(OC)cc4)CO3)CC3=NC(c4ccc(OC)cc4)CO3)=N2)cc1. The van der Waals surface area contributed by atoms with Crippen LogP contribution in [0, 0.1) is 5.92 Å². The highest BCUT2D eigenvalue weighted by atomic mass is 16.5. The molecule has 0 fully saturated rings. The average Bonchev–Trinajstić information content (AvgIpc) is 3.83. The Bertz CT molecular complexity index is 1290. The number of methoxy groups -OCH3 is 3. The Hall–Kier alpha value is -4.53. The molecule has 0 aromatic heterocycles. The molecular weight excluding hydrogens is 546 g/mol. The monoisotopic (exact) mass is 583 g/mol. The van der Waals surface area contributed by atoms with Crippen LogP contribution in [-0.2, 0) is 14.2 Å². The summed E-state index contributed by atoms with van der Waals surface area (Å²) in [6, 6.07) is 23.8. The Morgan fingerprint density at radius 1 is 0.512 bits per heavy atom. The molecule has 3 heterocycles. The van der Waals surface area contributed by atoms with Gasteiger partial charge in [-0.25, -0.2) is 15.0 Å². The molecule has 9 heteroatoms. The van der Waals surface area contributed by atoms with Crippen LogP contribution in [0.3, 0.4) is 0 Å². The first-order valence-electron chi connectivity index (χ1n) is 14.6. The summed E-state index contributed by atoms with van der Waals surface area (Å²) in [6.45, 7) is 1.55. The smallest absolute Gasteiger partial charge is 0.184 e. The maximum atomic E-state index is 6.09. The van der Waals surface area contributed by atoms with Crippen molar-refractivity contribution in [2.75, 3.05) is 41.2 Å². The lowest BCUT2D eigenvalue weighted by Gasteiger charge is -2.16. The van der Waals surface area contributed by atoms with Crippen molar-refractivity contribution in [3.63, 3.8) is 0 Å². The van der Waals surface area contributed by atoms with Gasteiger partial charge in [-0.05, 0) is 59.0 Å². The van der Waals surface area contributed by atoms with Gasteiger partial charge in [0.05, 0.1) is 21.3 Å². The van der Waals surface area contributed by atoms with Gasteiger partial charge in [-0.1, -0.05) is 36.4 Å². The second-order valence-corrected chi connectivity index (χ2v) is 10.8. The molecule has 6 rings (SSSR count). The zero-order valence-electron chi connectivity index (χ0n) is 24.8. The number of hydrogen-bond donors (Lipinski definition) is 0. The summed E-state index contributed by atoms with van der Waals surface area (Å²) in [5.41, 5.74) is 3.30. The van der Waals surface area contributed by atoms with Gasteiger partial charge in [0.1, 0.15) is 55.2 Å². The van der Waals surface area contributed by atoms with Crippen molar-refractivity contribution < 1.29 is 28.4 Å². The molecule has 9 nitrogen and oxygen atoms in total. The number of rotatable bonds is 12. The van der Waals surface area contributed by atoms with Gasteiger partial charge in [0.2, 0.25) is 0 Å². The fourth-order valence-corrected chi connectivity index (χ4v) is 5.55. The predicted molar refractivity (Wildman–Crippen MR) is 165 cm³/mol. The van der Waals surface area contributed by atoms with E-state index in [0.29, 0.717) is 39.1 Å². The number of aliphatic imine (C=N–C) groups is 3. The van der Waals surface area contributed by atoms with Crippen LogP contribution in [0.5, 0.6) is 17.2 Å². The van der Waals surface area contributed by atoms with Crippen LogP contribution in [0.4, 0.5) is 0 Å². The maximum Gasteiger partial charge on any atom is 0.184 e. The zero-order chi connectivity index (χ0) is 29.6. The molecule has 0 spiro atoms. The topological polar surface area (TPSA) is 92.5 Å². The Labute approximate surface area is 252 Å². The van der Waals surface area contributed by atoms with Crippen LogP contribution in [-0.4, -0.2) is 58.8 Å². The lowest BCUT2D eigenvalue weighted by Crippen LogP contribution is -2.18. The van der Waals surface area contributed by atoms with Gasteiger partial charge in [-0.2, -0.15) is 0 Å². The quantitative estimate of drug-likeness (QED) is 0.248. The molecular formula is C34H37N3O6. The van der Waals surface area contributed by atoms with Gasteiger partial charge in [-0.3, -0.25) is 0 Å². The largest absolute Gasteiger partial charge is 0.497 e. The lowest BCUT2D eigenvalue weighted by atomic mass is 9.97. The number of hydrogen-bond acceptors (Lipinski definition) is 9. The van der Waals surface area contributed by atoms with Crippen LogP contribution < -0.4 is 14.2 Å². The second kappa shape index (κ2) is 13.2. The second-order valence-electron chi connectivity index (χ2n) is 10.8. The lowest BCUT2D eigenvalue weighted by molar-refractivity contribution is 0.285. The molecule has 0 bridgehead atoms. The molecule has 0 radical (unpaired) electrons. The summed E-state index contributed by atoms with van der Waals surface area (Å²) in [6.07, 6.45) is 1.91. The van der Waals surface area contributed by atoms with Crippen molar-refractivity contribution >= 4 is 17.7 Å². The molecule has 3 aliphatic heterocycles. The molecule has 3 atom stereocenters. The number of ether oxygens (including phenoxy) is 6. The first kappa shape index (κ1) is 28.6. The molecule has 3 aromatic carbocycles. The van der Waals surface area contributed by atoms with Crippen molar-refractivity contribution in [1.82, 2.24) is 0 Å². The van der Waals surface area contributed by atoms with Gasteiger partial charge in [0.25, 0.3) is 0 Å². The van der Waals surface area contributed by atoms with E-state index in [9.17, 15) is 0 Å². The Morgan fingerprint density at radius 2 is 0.791 bits per heavy atom. The highest BCUT2D eigenvalue weighted by Crippen LogP contribution is 2.33. The average molecular weight is 584 g/mol. The van der Waals surface area contributed by atoms with Crippen molar-refractivity contribution in [3.8, 4) is 17.2 Å². The summed E-state index contributed by atoms with van der Waals surface area (Å²) in [4.78, 5) is 14.8. The van der Waals surface area contributed by atoms with Crippen LogP contribution in [0.2, 0.25) is 0 Å². The summed E-state index contributed by atoms with van der Waals surface area (Å²) in [5, 5.41) is 0. The van der Waals surface area contributed by atoms with Crippen LogP contribution >= 0.6 is 0 Å². The first-order chi connectivity index (χ1) is 21.1. The minimum atomic E-state index is -0.0411. The fraction of sp³-hybridized carbons (Fsp3) is 0.382. The third-order valence-electron chi connectivity index (χ3n) is 8.01. The summed E-state index contributed by atoms with van der Waals surface area (Å²) < 4.78 is 34.2. The molecule has 3 aromatic rings. The van der Waals surface area contributed by atoms with E-state index >= 15 is 0 Å². The van der Waals surface area contributed by atoms with Gasteiger partial charge in [-0.15, -0.1) is 0 Å². The van der Waals surface area contributed by atoms with E-state index in [-0.39, 0.29) is 24.0 Å². The van der Waals surface area contributed by atoms with Crippen LogP contribution in [0.15, 0.2) is 87.8 Å². The minimum Gasteiger partial charge on any atom is -0.497 e. The van der Waals surface area contributed by atoms with E-state index in [0.717, 1.165) is 51.6 Å². The van der Waals surface area contributed by atoms with Crippen molar-refractivity contribution in [2.45, 2.75) is 37.4 Å². The first-order valence-corrected chi connectivity index (χ1v) is 14.6. The summed E-state index contributed by atoms with van der Waals surface area (Å²) in [5.74, 6) is 4.77. The van der Waals surface area contributed by atoms with Crippen molar-refractivity contribution in [1.29, 1.82) is 0 Å². The van der Waals surface area contributed by atoms with E-state index < -0.39 is 0 Å². The van der Waals surface area contributed by atoms with Gasteiger partial charge in [0, 0.05) is 19.3 Å². The maximum absolute atomic E-state index is 6.09. The van der Waals surface area contributed by atoms with Crippen molar-refractivity contribution in [2.24, 2.45) is 20.9 Å². The van der Waals surface area contributed by atoms with Gasteiger partial charge < -0.3 is 28.4 Å². The molecule has 0 amide bonds. The Balaban J connectivity index is 1.17. The fourth-order valence-electron chi connectivity index (χ4n) is 5.55. The van der Waals surface area contributed by atoms with Crippen molar-refractivity contribution in [3.05, 3.63) is 89.5 Å². The highest BCUT2D eigenvalue weighted by Gasteiger charge is 2.30. The predicted octanol–water partition coefficient (Wildman–Crippen LogP) is 6.31. The normalized spacial score (nSPS) is 21.6. The molecule has 0 aliphatic carbocycles. The Morgan fingerprint density at radius 3 is 1.05 bits per heavy atom. The Kier molecular flexibility index (Phi) is 8.77. The van der Waals surface area contributed by atoms with E-state index in [1.807, 2.05) is 72.8 Å².